The van der Waals surface area contributed by atoms with Gasteiger partial charge in [-0.15, -0.1) is 0 Å². The van der Waals surface area contributed by atoms with Gasteiger partial charge in [-0.1, -0.05) is 0 Å². The van der Waals surface area contributed by atoms with Crippen LogP contribution in [0.2, 0.25) is 0 Å². The van der Waals surface area contributed by atoms with Crippen LogP contribution in [-0.4, -0.2) is 48.2 Å². The van der Waals surface area contributed by atoms with Crippen LogP contribution in [0.25, 0.3) is 0 Å². The minimum atomic E-state index is -0.906. The van der Waals surface area contributed by atoms with Gasteiger partial charge in [-0.2, -0.15) is 0 Å². The Morgan fingerprint density at radius 2 is 2.27 bits per heavy atom. The van der Waals surface area contributed by atoms with Gasteiger partial charge < -0.3 is 21.1 Å². The molecule has 1 unspecified atom stereocenters. The number of nitrogens with one attached hydrogen (secondary N) is 1. The average Bonchev–Trinajstić information content (AvgIpc) is 2.65. The zero-order valence-corrected chi connectivity index (χ0v) is 8.61. The molecule has 0 spiro atoms. The molecule has 1 saturated heterocycles. The van der Waals surface area contributed by atoms with Gasteiger partial charge in [0.2, 0.25) is 0 Å². The molecule has 0 aromatic rings. The Kier molecular flexibility index (Phi) is 4.36. The Bertz CT molecular complexity index is 245. The molecule has 2 amide bonds. The Morgan fingerprint density at radius 3 is 2.80 bits per heavy atom. The second-order valence-corrected chi connectivity index (χ2v) is 3.71. The van der Waals surface area contributed by atoms with Crippen molar-refractivity contribution in [2.45, 2.75) is 12.8 Å². The molecule has 15 heavy (non-hydrogen) atoms. The number of aliphatic carboxylic acids is 1. The summed E-state index contributed by atoms with van der Waals surface area (Å²) in [6.07, 6.45) is 0.892. The number of nitrogens with zero attached hydrogens (tertiary/aromatic N) is 1. The van der Waals surface area contributed by atoms with Crippen molar-refractivity contribution in [3.63, 3.8) is 0 Å². The second kappa shape index (κ2) is 5.55. The molecule has 0 bridgehead atoms. The van der Waals surface area contributed by atoms with Gasteiger partial charge in [0.05, 0.1) is 6.42 Å². The lowest BCUT2D eigenvalue weighted by molar-refractivity contribution is -0.136. The van der Waals surface area contributed by atoms with E-state index in [1.807, 2.05) is 0 Å². The van der Waals surface area contributed by atoms with Crippen LogP contribution in [-0.2, 0) is 4.79 Å². The number of nitrogens with two attached hydrogens (primary N) is 1. The lowest BCUT2D eigenvalue weighted by Crippen LogP contribution is -2.39. The summed E-state index contributed by atoms with van der Waals surface area (Å²) < 4.78 is 0. The molecule has 4 N–H and O–H groups in total. The van der Waals surface area contributed by atoms with Crippen molar-refractivity contribution in [1.29, 1.82) is 0 Å². The van der Waals surface area contributed by atoms with Crippen LogP contribution >= 0.6 is 0 Å². The zero-order chi connectivity index (χ0) is 11.3. The molecular weight excluding hydrogens is 198 g/mol. The molecule has 0 aliphatic carbocycles. The van der Waals surface area contributed by atoms with Crippen molar-refractivity contribution in [2.24, 2.45) is 11.7 Å². The lowest BCUT2D eigenvalue weighted by atomic mass is 10.1. The number of hydrogen-bond donors (Lipinski definition) is 3. The number of carboxylic acid groups (broad SMARTS) is 1. The van der Waals surface area contributed by atoms with E-state index in [2.05, 4.69) is 5.32 Å². The minimum absolute atomic E-state index is 0.0418. The summed E-state index contributed by atoms with van der Waals surface area (Å²) >= 11 is 0. The number of carboxylic acids is 1. The molecule has 86 valence electrons. The van der Waals surface area contributed by atoms with E-state index >= 15 is 0 Å². The first-order valence-electron chi connectivity index (χ1n) is 5.08. The predicted molar refractivity (Wildman–Crippen MR) is 54.4 cm³/mol. The normalized spacial score (nSPS) is 20.3. The number of carbonyl (C=O) groups excluding carboxylic acids is 1. The Balaban J connectivity index is 2.20. The van der Waals surface area contributed by atoms with Gasteiger partial charge in [-0.3, -0.25) is 4.79 Å². The lowest BCUT2D eigenvalue weighted by Gasteiger charge is -2.16. The first-order chi connectivity index (χ1) is 7.13. The van der Waals surface area contributed by atoms with E-state index in [1.165, 1.54) is 0 Å². The summed E-state index contributed by atoms with van der Waals surface area (Å²) in [5.41, 5.74) is 5.50. The van der Waals surface area contributed by atoms with E-state index in [4.69, 9.17) is 10.8 Å². The van der Waals surface area contributed by atoms with Crippen molar-refractivity contribution in [1.82, 2.24) is 10.2 Å². The molecule has 6 heteroatoms. The van der Waals surface area contributed by atoms with Crippen molar-refractivity contribution < 1.29 is 14.7 Å². The fourth-order valence-electron chi connectivity index (χ4n) is 1.60. The molecule has 1 fully saturated rings. The number of amides is 2. The quantitative estimate of drug-likeness (QED) is 0.586. The van der Waals surface area contributed by atoms with Crippen LogP contribution in [0.3, 0.4) is 0 Å². The molecule has 1 atom stereocenters. The van der Waals surface area contributed by atoms with Crippen LogP contribution < -0.4 is 11.1 Å². The summed E-state index contributed by atoms with van der Waals surface area (Å²) in [5.74, 6) is -0.521. The van der Waals surface area contributed by atoms with E-state index in [0.29, 0.717) is 25.6 Å². The summed E-state index contributed by atoms with van der Waals surface area (Å²) in [5, 5.41) is 11.0. The van der Waals surface area contributed by atoms with Gasteiger partial charge >= 0.3 is 12.0 Å². The van der Waals surface area contributed by atoms with Crippen LogP contribution in [0.5, 0.6) is 0 Å². The smallest absolute Gasteiger partial charge is 0.317 e. The predicted octanol–water partition coefficient (Wildman–Crippen LogP) is -0.549. The summed E-state index contributed by atoms with van der Waals surface area (Å²) in [4.78, 5) is 23.4. The SMILES string of the molecule is NCC1CCN(C(=O)NCCC(=O)O)C1. The summed E-state index contributed by atoms with van der Waals surface area (Å²) in [6, 6.07) is -0.188. The fraction of sp³-hybridized carbons (Fsp3) is 0.778. The van der Waals surface area contributed by atoms with E-state index in [0.717, 1.165) is 6.42 Å². The highest BCUT2D eigenvalue weighted by atomic mass is 16.4. The highest BCUT2D eigenvalue weighted by Gasteiger charge is 2.24. The first-order valence-corrected chi connectivity index (χ1v) is 5.08. The number of carbonyl (C=O) groups is 2. The fourth-order valence-corrected chi connectivity index (χ4v) is 1.60. The number of rotatable bonds is 4. The van der Waals surface area contributed by atoms with Crippen LogP contribution in [0.15, 0.2) is 0 Å². The molecular formula is C9H17N3O3. The zero-order valence-electron chi connectivity index (χ0n) is 8.61. The highest BCUT2D eigenvalue weighted by Crippen LogP contribution is 2.14. The van der Waals surface area contributed by atoms with E-state index < -0.39 is 5.97 Å². The van der Waals surface area contributed by atoms with E-state index in [9.17, 15) is 9.59 Å². The van der Waals surface area contributed by atoms with Gasteiger partial charge in [0.1, 0.15) is 0 Å². The van der Waals surface area contributed by atoms with Gasteiger partial charge in [0, 0.05) is 19.6 Å². The first kappa shape index (κ1) is 11.8. The summed E-state index contributed by atoms with van der Waals surface area (Å²) in [7, 11) is 0. The number of hydrogen-bond acceptors (Lipinski definition) is 3. The maximum absolute atomic E-state index is 11.5. The van der Waals surface area contributed by atoms with Crippen LogP contribution in [0.1, 0.15) is 12.8 Å². The molecule has 1 aliphatic heterocycles. The van der Waals surface area contributed by atoms with E-state index in [1.54, 1.807) is 4.90 Å². The largest absolute Gasteiger partial charge is 0.481 e. The molecule has 0 aromatic carbocycles. The van der Waals surface area contributed by atoms with Crippen molar-refractivity contribution >= 4 is 12.0 Å². The third kappa shape index (κ3) is 3.75. The molecule has 0 aromatic heterocycles. The Hall–Kier alpha value is -1.30. The van der Waals surface area contributed by atoms with Crippen molar-refractivity contribution in [3.8, 4) is 0 Å². The minimum Gasteiger partial charge on any atom is -0.481 e. The van der Waals surface area contributed by atoms with Gasteiger partial charge in [0.25, 0.3) is 0 Å². The maximum Gasteiger partial charge on any atom is 0.317 e. The van der Waals surface area contributed by atoms with Gasteiger partial charge in [-0.25, -0.2) is 4.79 Å². The summed E-state index contributed by atoms with van der Waals surface area (Å²) in [6.45, 7) is 2.16. The van der Waals surface area contributed by atoms with Gasteiger partial charge in [-0.05, 0) is 18.9 Å². The van der Waals surface area contributed by atoms with Gasteiger partial charge in [0.15, 0.2) is 0 Å². The van der Waals surface area contributed by atoms with Crippen LogP contribution in [0.4, 0.5) is 4.79 Å². The number of urea groups is 1. The molecule has 0 radical (unpaired) electrons. The molecule has 1 rings (SSSR count). The maximum atomic E-state index is 11.5. The second-order valence-electron chi connectivity index (χ2n) is 3.71. The highest BCUT2D eigenvalue weighted by molar-refractivity contribution is 5.75. The molecule has 1 aliphatic rings. The monoisotopic (exact) mass is 215 g/mol. The molecule has 0 saturated carbocycles. The van der Waals surface area contributed by atoms with Crippen molar-refractivity contribution in [3.05, 3.63) is 0 Å². The number of likely N-dealkylation sites (tertiary alicyclic amines) is 1. The molecule has 6 nitrogen and oxygen atoms in total. The molecule has 1 heterocycles. The third-order valence-electron chi connectivity index (χ3n) is 2.52. The van der Waals surface area contributed by atoms with Crippen molar-refractivity contribution in [2.75, 3.05) is 26.2 Å². The Labute approximate surface area is 88.4 Å². The average molecular weight is 215 g/mol. The Morgan fingerprint density at radius 1 is 1.53 bits per heavy atom. The van der Waals surface area contributed by atoms with E-state index in [-0.39, 0.29) is 19.0 Å². The topological polar surface area (TPSA) is 95.7 Å². The third-order valence-corrected chi connectivity index (χ3v) is 2.52. The standard InChI is InChI=1S/C9H17N3O3/c10-5-7-2-4-12(6-7)9(15)11-3-1-8(13)14/h7H,1-6,10H2,(H,11,15)(H,13,14). The van der Waals surface area contributed by atoms with Crippen LogP contribution in [0, 0.1) is 5.92 Å².